The summed E-state index contributed by atoms with van der Waals surface area (Å²) in [5, 5.41) is 6.48. The Morgan fingerprint density at radius 2 is 0.738 bits per heavy atom. The molecule has 0 aliphatic heterocycles. The Morgan fingerprint density at radius 1 is 0.405 bits per heavy atom. The van der Waals surface area contributed by atoms with E-state index in [1.54, 1.807) is 21.2 Å². The lowest BCUT2D eigenvalue weighted by atomic mass is 9.90. The van der Waals surface area contributed by atoms with Crippen molar-refractivity contribution >= 4 is 35.7 Å². The van der Waals surface area contributed by atoms with Crippen molar-refractivity contribution in [3.63, 3.8) is 0 Å². The summed E-state index contributed by atoms with van der Waals surface area (Å²) >= 11 is 0. The number of rotatable bonds is 13. The fraction of sp³-hybridized carbons (Fsp3) is 0.400. The van der Waals surface area contributed by atoms with Crippen LogP contribution in [0.25, 0.3) is 0 Å². The first-order valence-corrected chi connectivity index (χ1v) is 20.2. The second-order valence-corrected chi connectivity index (χ2v) is 22.5. The van der Waals surface area contributed by atoms with Gasteiger partial charge in [-0.1, -0.05) is 93.6 Å². The quantitative estimate of drug-likeness (QED) is 0.106. The van der Waals surface area contributed by atoms with Gasteiger partial charge in [0.05, 0.1) is 59.4 Å². The maximum Gasteiger partial charge on any atom is 0.0997 e. The van der Waals surface area contributed by atoms with E-state index >= 15 is 0 Å². The minimum atomic E-state index is -1.64. The van der Waals surface area contributed by atoms with Crippen LogP contribution in [0.4, 0.5) is 0 Å². The second-order valence-electron chi connectivity index (χ2n) is 14.2. The van der Waals surface area contributed by atoms with Crippen LogP contribution in [0, 0.1) is 5.41 Å². The molecule has 2 heteroatoms. The molecule has 0 bridgehead atoms. The van der Waals surface area contributed by atoms with Crippen LogP contribution in [-0.4, -0.2) is 23.6 Å². The molecular formula is C40H54P2+2. The van der Waals surface area contributed by atoms with E-state index in [0.29, 0.717) is 5.41 Å². The van der Waals surface area contributed by atoms with E-state index in [2.05, 4.69) is 163 Å². The van der Waals surface area contributed by atoms with E-state index in [9.17, 15) is 0 Å². The Balaban J connectivity index is 1.66. The molecule has 4 rings (SSSR count). The lowest BCUT2D eigenvalue weighted by molar-refractivity contribution is 0.364. The average Bonchev–Trinajstić information content (AvgIpc) is 2.99. The minimum Gasteiger partial charge on any atom is -0.0620 e. The molecule has 0 aliphatic carbocycles. The van der Waals surface area contributed by atoms with Crippen LogP contribution < -0.4 is 21.2 Å². The van der Waals surface area contributed by atoms with Crippen molar-refractivity contribution in [2.75, 3.05) is 18.5 Å². The van der Waals surface area contributed by atoms with Gasteiger partial charge in [0.15, 0.2) is 0 Å². The van der Waals surface area contributed by atoms with Crippen molar-refractivity contribution < 1.29 is 0 Å². The van der Waals surface area contributed by atoms with Crippen molar-refractivity contribution in [3.8, 4) is 0 Å². The van der Waals surface area contributed by atoms with Crippen molar-refractivity contribution in [1.29, 1.82) is 0 Å². The molecule has 0 unspecified atom stereocenters. The first-order valence-electron chi connectivity index (χ1n) is 16.1. The maximum atomic E-state index is 2.49. The summed E-state index contributed by atoms with van der Waals surface area (Å²) in [6, 6.07) is 46.1. The summed E-state index contributed by atoms with van der Waals surface area (Å²) in [5.74, 6) is 0. The molecule has 0 atom stereocenters. The summed E-state index contributed by atoms with van der Waals surface area (Å²) in [6.07, 6.45) is 10.3. The van der Waals surface area contributed by atoms with Crippen LogP contribution >= 0.6 is 14.5 Å². The highest BCUT2D eigenvalue weighted by Gasteiger charge is 2.52. The van der Waals surface area contributed by atoms with Gasteiger partial charge in [-0.05, 0) is 107 Å². The zero-order chi connectivity index (χ0) is 30.1. The topological polar surface area (TPSA) is 0 Å². The average molecular weight is 597 g/mol. The fourth-order valence-electron chi connectivity index (χ4n) is 6.85. The molecule has 0 N–H and O–H groups in total. The van der Waals surface area contributed by atoms with Crippen LogP contribution in [-0.2, 0) is 0 Å². The van der Waals surface area contributed by atoms with E-state index in [1.807, 2.05) is 0 Å². The van der Waals surface area contributed by atoms with E-state index < -0.39 is 14.5 Å². The molecule has 0 aliphatic rings. The molecule has 0 nitrogen and oxygen atoms in total. The van der Waals surface area contributed by atoms with Crippen molar-refractivity contribution in [2.45, 2.75) is 78.8 Å². The zero-order valence-electron chi connectivity index (χ0n) is 27.1. The molecule has 0 amide bonds. The van der Waals surface area contributed by atoms with Gasteiger partial charge in [-0.2, -0.15) is 0 Å². The van der Waals surface area contributed by atoms with Gasteiger partial charge in [-0.3, -0.25) is 0 Å². The summed E-state index contributed by atoms with van der Waals surface area (Å²) in [6.45, 7) is 14.6. The van der Waals surface area contributed by atoms with Gasteiger partial charge >= 0.3 is 0 Å². The van der Waals surface area contributed by atoms with Gasteiger partial charge in [0.1, 0.15) is 0 Å². The van der Waals surface area contributed by atoms with E-state index in [4.69, 9.17) is 0 Å². The highest BCUT2D eigenvalue weighted by molar-refractivity contribution is 7.90. The summed E-state index contributed by atoms with van der Waals surface area (Å²) in [7, 11) is -3.18. The molecule has 222 valence electrons. The largest absolute Gasteiger partial charge is 0.0997 e. The van der Waals surface area contributed by atoms with Gasteiger partial charge in [-0.25, -0.2) is 0 Å². The highest BCUT2D eigenvalue weighted by atomic mass is 31.2. The summed E-state index contributed by atoms with van der Waals surface area (Å²) in [5.41, 5.74) is 0.398. The molecular weight excluding hydrogens is 542 g/mol. The van der Waals surface area contributed by atoms with Crippen molar-refractivity contribution in [3.05, 3.63) is 121 Å². The van der Waals surface area contributed by atoms with Gasteiger partial charge < -0.3 is 0 Å². The first kappa shape index (κ1) is 32.6. The van der Waals surface area contributed by atoms with Crippen LogP contribution in [0.1, 0.15) is 73.6 Å². The Labute approximate surface area is 259 Å². The Hall–Kier alpha value is -2.26. The highest BCUT2D eigenvalue weighted by Crippen LogP contribution is 2.67. The third-order valence-electron chi connectivity index (χ3n) is 9.04. The van der Waals surface area contributed by atoms with Crippen LogP contribution in [0.15, 0.2) is 121 Å². The standard InChI is InChI=1S/C40H54P2/c1-39(2,3)31-19-20-32-41(35-23-11-7-12-24-35,36-25-13-8-14-26-36)33-21-22-34-42(40(4,5)6,37-27-15-9-16-28-37)38-29-17-10-18-30-38/h7-18,23-30H,19-22,31-34H2,1-6H3/q+2. The second kappa shape index (κ2) is 14.5. The van der Waals surface area contributed by atoms with Crippen LogP contribution in [0.5, 0.6) is 0 Å². The van der Waals surface area contributed by atoms with Crippen molar-refractivity contribution in [1.82, 2.24) is 0 Å². The summed E-state index contributed by atoms with van der Waals surface area (Å²) < 4.78 is 0. The molecule has 0 aromatic heterocycles. The van der Waals surface area contributed by atoms with E-state index in [1.165, 1.54) is 50.6 Å². The molecule has 0 heterocycles. The SMILES string of the molecule is CC(C)(C)CCCC[P+](CCCC[P+](c1ccccc1)(c1ccccc1)C(C)(C)C)(c1ccccc1)c1ccccc1. The molecule has 0 saturated heterocycles. The van der Waals surface area contributed by atoms with E-state index in [-0.39, 0.29) is 5.16 Å². The molecule has 0 spiro atoms. The van der Waals surface area contributed by atoms with Gasteiger partial charge in [0.25, 0.3) is 0 Å². The Kier molecular flexibility index (Phi) is 11.3. The van der Waals surface area contributed by atoms with E-state index in [0.717, 1.165) is 0 Å². The Bertz CT molecular complexity index is 1240. The predicted octanol–water partition coefficient (Wildman–Crippen LogP) is 10.1. The number of hydrogen-bond acceptors (Lipinski definition) is 0. The molecule has 0 radical (unpaired) electrons. The molecule has 0 saturated carbocycles. The predicted molar refractivity (Wildman–Crippen MR) is 195 cm³/mol. The van der Waals surface area contributed by atoms with Crippen LogP contribution in [0.2, 0.25) is 0 Å². The molecule has 4 aromatic carbocycles. The minimum absolute atomic E-state index is 0.188. The van der Waals surface area contributed by atoms with Gasteiger partial charge in [-0.15, -0.1) is 0 Å². The lowest BCUT2D eigenvalue weighted by Gasteiger charge is -2.38. The third kappa shape index (κ3) is 7.81. The molecule has 0 fully saturated rings. The normalized spacial score (nSPS) is 12.8. The van der Waals surface area contributed by atoms with Gasteiger partial charge in [0, 0.05) is 0 Å². The Morgan fingerprint density at radius 3 is 1.10 bits per heavy atom. The number of benzene rings is 4. The number of unbranched alkanes of at least 4 members (excludes halogenated alkanes) is 2. The third-order valence-corrected chi connectivity index (χ3v) is 19.4. The maximum absolute atomic E-state index is 2.49. The number of hydrogen-bond donors (Lipinski definition) is 0. The lowest BCUT2D eigenvalue weighted by Crippen LogP contribution is -2.38. The molecule has 42 heavy (non-hydrogen) atoms. The monoisotopic (exact) mass is 596 g/mol. The summed E-state index contributed by atoms with van der Waals surface area (Å²) in [4.78, 5) is 0. The first-order chi connectivity index (χ1) is 20.1. The van der Waals surface area contributed by atoms with Gasteiger partial charge in [0.2, 0.25) is 0 Å². The fourth-order valence-corrected chi connectivity index (χ4v) is 16.5. The van der Waals surface area contributed by atoms with Crippen molar-refractivity contribution in [2.24, 2.45) is 5.41 Å². The molecule has 4 aromatic rings. The zero-order valence-corrected chi connectivity index (χ0v) is 28.9. The van der Waals surface area contributed by atoms with Crippen LogP contribution in [0.3, 0.4) is 0 Å². The smallest absolute Gasteiger partial charge is 0.0620 e.